The first-order chi connectivity index (χ1) is 6.97. The van der Waals surface area contributed by atoms with E-state index >= 15 is 0 Å². The van der Waals surface area contributed by atoms with E-state index in [1.54, 1.807) is 13.8 Å². The normalized spacial score (nSPS) is 14.5. The number of urea groups is 1. The molecule has 0 aliphatic rings. The molecule has 6 heteroatoms. The molecule has 0 radical (unpaired) electrons. The first-order valence-corrected chi connectivity index (χ1v) is 4.97. The number of nitrogens with zero attached hydrogens (tertiary/aromatic N) is 1. The van der Waals surface area contributed by atoms with Crippen molar-refractivity contribution in [3.8, 4) is 0 Å². The molecule has 15 heavy (non-hydrogen) atoms. The van der Waals surface area contributed by atoms with E-state index in [4.69, 9.17) is 15.3 Å². The number of aliphatic hydroxyl groups is 3. The monoisotopic (exact) mass is 220 g/mol. The lowest BCUT2D eigenvalue weighted by Gasteiger charge is -2.23. The highest BCUT2D eigenvalue weighted by Gasteiger charge is 2.14. The molecular formula is C9H20N2O4. The van der Waals surface area contributed by atoms with Gasteiger partial charge in [-0.05, 0) is 13.8 Å². The molecule has 6 nitrogen and oxygen atoms in total. The summed E-state index contributed by atoms with van der Waals surface area (Å²) in [5, 5.41) is 29.3. The molecule has 0 aliphatic heterocycles. The lowest BCUT2D eigenvalue weighted by molar-refractivity contribution is 0.117. The van der Waals surface area contributed by atoms with Gasteiger partial charge in [-0.25, -0.2) is 4.79 Å². The van der Waals surface area contributed by atoms with Gasteiger partial charge in [-0.2, -0.15) is 0 Å². The minimum Gasteiger partial charge on any atom is -0.395 e. The van der Waals surface area contributed by atoms with Crippen molar-refractivity contribution in [2.45, 2.75) is 26.1 Å². The number of aliphatic hydroxyl groups excluding tert-OH is 3. The Bertz CT molecular complexity index is 185. The van der Waals surface area contributed by atoms with Crippen molar-refractivity contribution in [2.24, 2.45) is 0 Å². The highest BCUT2D eigenvalue weighted by molar-refractivity contribution is 5.74. The summed E-state index contributed by atoms with van der Waals surface area (Å²) in [5.74, 6) is 0. The van der Waals surface area contributed by atoms with Crippen molar-refractivity contribution < 1.29 is 20.1 Å². The minimum atomic E-state index is -0.645. The van der Waals surface area contributed by atoms with Gasteiger partial charge in [0.15, 0.2) is 0 Å². The van der Waals surface area contributed by atoms with Gasteiger partial charge in [0, 0.05) is 19.6 Å². The second kappa shape index (κ2) is 7.44. The molecule has 0 aromatic carbocycles. The molecule has 90 valence electrons. The number of nitrogens with one attached hydrogen (secondary N) is 1. The van der Waals surface area contributed by atoms with Crippen molar-refractivity contribution in [3.05, 3.63) is 0 Å². The van der Waals surface area contributed by atoms with E-state index in [2.05, 4.69) is 5.32 Å². The third-order valence-corrected chi connectivity index (χ3v) is 1.69. The molecule has 2 amide bonds. The van der Waals surface area contributed by atoms with Crippen LogP contribution in [-0.2, 0) is 0 Å². The predicted molar refractivity (Wildman–Crippen MR) is 55.4 cm³/mol. The van der Waals surface area contributed by atoms with Crippen molar-refractivity contribution in [1.82, 2.24) is 10.2 Å². The Kier molecular flexibility index (Phi) is 7.02. The minimum absolute atomic E-state index is 0.153. The second-order valence-corrected chi connectivity index (χ2v) is 3.55. The molecule has 2 unspecified atom stereocenters. The molecule has 0 saturated carbocycles. The summed E-state index contributed by atoms with van der Waals surface area (Å²) in [6.07, 6.45) is -1.26. The molecule has 0 rings (SSSR count). The van der Waals surface area contributed by atoms with E-state index in [1.807, 2.05) is 0 Å². The van der Waals surface area contributed by atoms with Gasteiger partial charge in [0.05, 0.1) is 18.8 Å². The van der Waals surface area contributed by atoms with Crippen molar-refractivity contribution in [1.29, 1.82) is 0 Å². The van der Waals surface area contributed by atoms with E-state index in [0.29, 0.717) is 0 Å². The van der Waals surface area contributed by atoms with Crippen LogP contribution < -0.4 is 5.32 Å². The average Bonchev–Trinajstić information content (AvgIpc) is 2.12. The van der Waals surface area contributed by atoms with Crippen molar-refractivity contribution >= 4 is 6.03 Å². The van der Waals surface area contributed by atoms with Gasteiger partial charge < -0.3 is 25.5 Å². The van der Waals surface area contributed by atoms with Gasteiger partial charge in [-0.1, -0.05) is 0 Å². The quantitative estimate of drug-likeness (QED) is 0.450. The molecule has 0 aromatic heterocycles. The van der Waals surface area contributed by atoms with Crippen LogP contribution in [0, 0.1) is 0 Å². The number of hydrogen-bond acceptors (Lipinski definition) is 4. The molecule has 4 N–H and O–H groups in total. The summed E-state index contributed by atoms with van der Waals surface area (Å²) >= 11 is 0. The SMILES string of the molecule is CC(O)CNC(=O)N(CCO)CC(C)O. The summed E-state index contributed by atoms with van der Waals surface area (Å²) in [6.45, 7) is 3.44. The van der Waals surface area contributed by atoms with E-state index in [0.717, 1.165) is 0 Å². The van der Waals surface area contributed by atoms with Crippen LogP contribution >= 0.6 is 0 Å². The predicted octanol–water partition coefficient (Wildman–Crippen LogP) is -1.25. The first kappa shape index (κ1) is 14.2. The van der Waals surface area contributed by atoms with Crippen LogP contribution in [-0.4, -0.2) is 64.7 Å². The Morgan fingerprint density at radius 3 is 2.33 bits per heavy atom. The summed E-state index contributed by atoms with van der Waals surface area (Å²) in [4.78, 5) is 12.8. The fourth-order valence-electron chi connectivity index (χ4n) is 1.06. The summed E-state index contributed by atoms with van der Waals surface area (Å²) < 4.78 is 0. The zero-order valence-electron chi connectivity index (χ0n) is 9.18. The Labute approximate surface area is 89.5 Å². The average molecular weight is 220 g/mol. The molecule has 0 saturated heterocycles. The number of amides is 2. The van der Waals surface area contributed by atoms with Gasteiger partial charge in [0.2, 0.25) is 0 Å². The summed E-state index contributed by atoms with van der Waals surface area (Å²) in [5.41, 5.74) is 0. The van der Waals surface area contributed by atoms with Crippen LogP contribution in [0.1, 0.15) is 13.8 Å². The standard InChI is InChI=1S/C9H20N2O4/c1-7(13)5-10-9(15)11(3-4-12)6-8(2)14/h7-8,12-14H,3-6H2,1-2H3,(H,10,15). The topological polar surface area (TPSA) is 93.0 Å². The highest BCUT2D eigenvalue weighted by Crippen LogP contribution is 1.93. The van der Waals surface area contributed by atoms with Gasteiger partial charge in [0.1, 0.15) is 0 Å². The van der Waals surface area contributed by atoms with Gasteiger partial charge in [-0.3, -0.25) is 0 Å². The van der Waals surface area contributed by atoms with E-state index < -0.39 is 18.2 Å². The lowest BCUT2D eigenvalue weighted by atomic mass is 10.3. The fourth-order valence-corrected chi connectivity index (χ4v) is 1.06. The number of carbonyl (C=O) groups excluding carboxylic acids is 1. The number of carbonyl (C=O) groups is 1. The van der Waals surface area contributed by atoms with Gasteiger partial charge >= 0.3 is 6.03 Å². The Balaban J connectivity index is 4.04. The third-order valence-electron chi connectivity index (χ3n) is 1.69. The van der Waals surface area contributed by atoms with Gasteiger partial charge in [-0.15, -0.1) is 0 Å². The molecule has 0 heterocycles. The van der Waals surface area contributed by atoms with Crippen LogP contribution in [0.3, 0.4) is 0 Å². The van der Waals surface area contributed by atoms with E-state index in [-0.39, 0.29) is 26.2 Å². The van der Waals surface area contributed by atoms with E-state index in [9.17, 15) is 4.79 Å². The zero-order chi connectivity index (χ0) is 11.8. The Morgan fingerprint density at radius 1 is 1.33 bits per heavy atom. The van der Waals surface area contributed by atoms with Gasteiger partial charge in [0.25, 0.3) is 0 Å². The summed E-state index contributed by atoms with van der Waals surface area (Å²) in [7, 11) is 0. The van der Waals surface area contributed by atoms with Crippen LogP contribution in [0.2, 0.25) is 0 Å². The second-order valence-electron chi connectivity index (χ2n) is 3.55. The van der Waals surface area contributed by atoms with E-state index in [1.165, 1.54) is 4.90 Å². The Hall–Kier alpha value is -0.850. The number of hydrogen-bond donors (Lipinski definition) is 4. The maximum Gasteiger partial charge on any atom is 0.317 e. The van der Waals surface area contributed by atoms with Crippen LogP contribution in [0.15, 0.2) is 0 Å². The summed E-state index contributed by atoms with van der Waals surface area (Å²) in [6, 6.07) is -0.397. The number of rotatable bonds is 6. The maximum absolute atomic E-state index is 11.5. The van der Waals surface area contributed by atoms with Crippen LogP contribution in [0.4, 0.5) is 4.79 Å². The smallest absolute Gasteiger partial charge is 0.317 e. The fraction of sp³-hybridized carbons (Fsp3) is 0.889. The lowest BCUT2D eigenvalue weighted by Crippen LogP contribution is -2.46. The largest absolute Gasteiger partial charge is 0.395 e. The molecule has 0 fully saturated rings. The molecule has 0 bridgehead atoms. The molecule has 0 aliphatic carbocycles. The Morgan fingerprint density at radius 2 is 1.93 bits per heavy atom. The van der Waals surface area contributed by atoms with Crippen molar-refractivity contribution in [3.63, 3.8) is 0 Å². The zero-order valence-corrected chi connectivity index (χ0v) is 9.18. The molecular weight excluding hydrogens is 200 g/mol. The van der Waals surface area contributed by atoms with Crippen LogP contribution in [0.25, 0.3) is 0 Å². The molecule has 0 spiro atoms. The highest BCUT2D eigenvalue weighted by atomic mass is 16.3. The molecule has 2 atom stereocenters. The third kappa shape index (κ3) is 7.12. The van der Waals surface area contributed by atoms with Crippen molar-refractivity contribution in [2.75, 3.05) is 26.2 Å². The molecule has 0 aromatic rings. The maximum atomic E-state index is 11.5. The van der Waals surface area contributed by atoms with Crippen LogP contribution in [0.5, 0.6) is 0 Å². The first-order valence-electron chi connectivity index (χ1n) is 4.97.